The van der Waals surface area contributed by atoms with Crippen molar-refractivity contribution in [1.29, 1.82) is 0 Å². The van der Waals surface area contributed by atoms with Crippen molar-refractivity contribution in [2.24, 2.45) is 5.92 Å². The van der Waals surface area contributed by atoms with Crippen LogP contribution >= 0.6 is 0 Å². The first-order valence-electron chi connectivity index (χ1n) is 10.7. The maximum atomic E-state index is 12.9. The lowest BCUT2D eigenvalue weighted by Crippen LogP contribution is -2.47. The van der Waals surface area contributed by atoms with Gasteiger partial charge in [0.05, 0.1) is 4.90 Å². The number of carbonyl (C=O) groups is 1. The molecule has 1 aromatic rings. The van der Waals surface area contributed by atoms with Crippen molar-refractivity contribution in [3.63, 3.8) is 0 Å². The van der Waals surface area contributed by atoms with Crippen LogP contribution in [0.5, 0.6) is 0 Å². The van der Waals surface area contributed by atoms with Crippen LogP contribution in [0.3, 0.4) is 0 Å². The number of nitrogens with one attached hydrogen (secondary N) is 1. The molecule has 29 heavy (non-hydrogen) atoms. The third-order valence-corrected chi connectivity index (χ3v) is 7.90. The first-order chi connectivity index (χ1) is 13.9. The predicted molar refractivity (Wildman–Crippen MR) is 114 cm³/mol. The third kappa shape index (κ3) is 6.01. The molecule has 2 saturated heterocycles. The number of hydrogen-bond acceptors (Lipinski definition) is 5. The minimum Gasteiger partial charge on any atom is -0.352 e. The van der Waals surface area contributed by atoms with E-state index in [1.807, 2.05) is 7.05 Å². The first-order valence-corrected chi connectivity index (χ1v) is 12.1. The Balaban J connectivity index is 1.51. The molecule has 2 fully saturated rings. The van der Waals surface area contributed by atoms with Gasteiger partial charge < -0.3 is 15.1 Å². The van der Waals surface area contributed by atoms with Gasteiger partial charge in [0.2, 0.25) is 10.0 Å². The smallest absolute Gasteiger partial charge is 0.251 e. The molecular formula is C21H34N4O3S. The van der Waals surface area contributed by atoms with Crippen molar-refractivity contribution in [2.45, 2.75) is 31.1 Å². The van der Waals surface area contributed by atoms with Crippen LogP contribution in [0.1, 0.15) is 36.5 Å². The first kappa shape index (κ1) is 22.2. The molecule has 1 aromatic carbocycles. The number of carbonyl (C=O) groups excluding carboxylic acids is 1. The van der Waals surface area contributed by atoms with Gasteiger partial charge in [-0.05, 0) is 70.1 Å². The highest BCUT2D eigenvalue weighted by molar-refractivity contribution is 7.89. The fraction of sp³-hybridized carbons (Fsp3) is 0.667. The van der Waals surface area contributed by atoms with Crippen molar-refractivity contribution in [1.82, 2.24) is 19.4 Å². The lowest BCUT2D eigenvalue weighted by molar-refractivity contribution is 0.0950. The Hall–Kier alpha value is -1.48. The number of amides is 1. The van der Waals surface area contributed by atoms with Crippen LogP contribution in [0.4, 0.5) is 0 Å². The van der Waals surface area contributed by atoms with Gasteiger partial charge in [-0.1, -0.05) is 13.0 Å². The number of piperazine rings is 1. The van der Waals surface area contributed by atoms with Gasteiger partial charge in [0, 0.05) is 38.3 Å². The summed E-state index contributed by atoms with van der Waals surface area (Å²) in [5.41, 5.74) is 0.395. The molecular weight excluding hydrogens is 388 g/mol. The quantitative estimate of drug-likeness (QED) is 0.674. The molecule has 0 aromatic heterocycles. The zero-order chi connectivity index (χ0) is 20.9. The largest absolute Gasteiger partial charge is 0.352 e. The SMILES string of the molecule is CC1CCN(CCCNC(=O)c2cccc(S(=O)(=O)N3CCN(C)CC3)c2)CC1. The van der Waals surface area contributed by atoms with Crippen LogP contribution < -0.4 is 5.32 Å². The molecule has 3 rings (SSSR count). The molecule has 0 radical (unpaired) electrons. The van der Waals surface area contributed by atoms with Gasteiger partial charge in [-0.15, -0.1) is 0 Å². The lowest BCUT2D eigenvalue weighted by Gasteiger charge is -2.31. The minimum atomic E-state index is -3.57. The molecule has 0 aliphatic carbocycles. The molecule has 0 unspecified atom stereocenters. The zero-order valence-corrected chi connectivity index (χ0v) is 18.5. The number of piperidine rings is 1. The fourth-order valence-corrected chi connectivity index (χ4v) is 5.34. The van der Waals surface area contributed by atoms with Crippen molar-refractivity contribution < 1.29 is 13.2 Å². The van der Waals surface area contributed by atoms with E-state index in [0.717, 1.165) is 45.1 Å². The van der Waals surface area contributed by atoms with Crippen molar-refractivity contribution in [3.8, 4) is 0 Å². The molecule has 162 valence electrons. The molecule has 1 N–H and O–H groups in total. The van der Waals surface area contributed by atoms with Crippen LogP contribution in [0.2, 0.25) is 0 Å². The second-order valence-corrected chi connectivity index (χ2v) is 10.3. The Morgan fingerprint density at radius 2 is 1.79 bits per heavy atom. The number of benzene rings is 1. The second kappa shape index (κ2) is 10.0. The van der Waals surface area contributed by atoms with E-state index in [9.17, 15) is 13.2 Å². The van der Waals surface area contributed by atoms with E-state index >= 15 is 0 Å². The van der Waals surface area contributed by atoms with E-state index < -0.39 is 10.0 Å². The van der Waals surface area contributed by atoms with E-state index in [-0.39, 0.29) is 10.8 Å². The topological polar surface area (TPSA) is 73.0 Å². The number of hydrogen-bond donors (Lipinski definition) is 1. The van der Waals surface area contributed by atoms with E-state index in [1.165, 1.54) is 23.2 Å². The summed E-state index contributed by atoms with van der Waals surface area (Å²) in [5, 5.41) is 2.93. The minimum absolute atomic E-state index is 0.192. The third-order valence-electron chi connectivity index (χ3n) is 6.01. The molecule has 2 heterocycles. The molecule has 7 nitrogen and oxygen atoms in total. The van der Waals surface area contributed by atoms with Gasteiger partial charge >= 0.3 is 0 Å². The number of likely N-dealkylation sites (tertiary alicyclic amines) is 1. The molecule has 2 aliphatic heterocycles. The van der Waals surface area contributed by atoms with E-state index in [1.54, 1.807) is 18.2 Å². The Morgan fingerprint density at radius 3 is 2.48 bits per heavy atom. The summed E-state index contributed by atoms with van der Waals surface area (Å²) in [6, 6.07) is 6.38. The fourth-order valence-electron chi connectivity index (χ4n) is 3.87. The summed E-state index contributed by atoms with van der Waals surface area (Å²) in [7, 11) is -1.58. The van der Waals surface area contributed by atoms with Gasteiger partial charge in [0.15, 0.2) is 0 Å². The van der Waals surface area contributed by atoms with Gasteiger partial charge in [-0.25, -0.2) is 8.42 Å². The second-order valence-electron chi connectivity index (χ2n) is 8.37. The van der Waals surface area contributed by atoms with Crippen molar-refractivity contribution >= 4 is 15.9 Å². The Morgan fingerprint density at radius 1 is 1.10 bits per heavy atom. The monoisotopic (exact) mass is 422 g/mol. The standard InChI is InChI=1S/C21H34N4O3S/c1-18-7-11-24(12-8-18)10-4-9-22-21(26)19-5-3-6-20(17-19)29(27,28)25-15-13-23(2)14-16-25/h3,5-6,17-18H,4,7-16H2,1-2H3,(H,22,26). The van der Waals surface area contributed by atoms with Crippen LogP contribution in [0, 0.1) is 5.92 Å². The molecule has 0 atom stereocenters. The lowest BCUT2D eigenvalue weighted by atomic mass is 9.99. The van der Waals surface area contributed by atoms with Crippen molar-refractivity contribution in [3.05, 3.63) is 29.8 Å². The van der Waals surface area contributed by atoms with Gasteiger partial charge in [0.25, 0.3) is 5.91 Å². The molecule has 8 heteroatoms. The number of nitrogens with zero attached hydrogens (tertiary/aromatic N) is 3. The normalized spacial score (nSPS) is 20.6. The summed E-state index contributed by atoms with van der Waals surface area (Å²) >= 11 is 0. The number of likely N-dealkylation sites (N-methyl/N-ethyl adjacent to an activating group) is 1. The molecule has 1 amide bonds. The molecule has 0 saturated carbocycles. The maximum Gasteiger partial charge on any atom is 0.251 e. The summed E-state index contributed by atoms with van der Waals surface area (Å²) in [5.74, 6) is 0.605. The molecule has 0 spiro atoms. The summed E-state index contributed by atoms with van der Waals surface area (Å²) < 4.78 is 27.3. The Labute approximate surface area is 175 Å². The van der Waals surface area contributed by atoms with Gasteiger partial charge in [0.1, 0.15) is 0 Å². The average molecular weight is 423 g/mol. The zero-order valence-electron chi connectivity index (χ0n) is 17.6. The van der Waals surface area contributed by atoms with Crippen LogP contribution in [-0.4, -0.2) is 87.8 Å². The number of sulfonamides is 1. The van der Waals surface area contributed by atoms with Gasteiger partial charge in [-0.2, -0.15) is 4.31 Å². The Kier molecular flexibility index (Phi) is 7.67. The summed E-state index contributed by atoms with van der Waals surface area (Å²) in [4.78, 5) is 17.3. The van der Waals surface area contributed by atoms with E-state index in [2.05, 4.69) is 22.0 Å². The molecule has 2 aliphatic rings. The molecule has 0 bridgehead atoms. The highest BCUT2D eigenvalue weighted by Crippen LogP contribution is 2.19. The average Bonchev–Trinajstić information content (AvgIpc) is 2.73. The maximum absolute atomic E-state index is 12.9. The summed E-state index contributed by atoms with van der Waals surface area (Å²) in [6.07, 6.45) is 3.40. The van der Waals surface area contributed by atoms with E-state index in [0.29, 0.717) is 25.2 Å². The number of rotatable bonds is 7. The van der Waals surface area contributed by atoms with E-state index in [4.69, 9.17) is 0 Å². The highest BCUT2D eigenvalue weighted by Gasteiger charge is 2.28. The van der Waals surface area contributed by atoms with Crippen LogP contribution in [0.15, 0.2) is 29.2 Å². The highest BCUT2D eigenvalue weighted by atomic mass is 32.2. The van der Waals surface area contributed by atoms with Crippen LogP contribution in [0.25, 0.3) is 0 Å². The van der Waals surface area contributed by atoms with Gasteiger partial charge in [-0.3, -0.25) is 4.79 Å². The Bertz CT molecular complexity index is 783. The summed E-state index contributed by atoms with van der Waals surface area (Å²) in [6.45, 7) is 8.56. The van der Waals surface area contributed by atoms with Crippen LogP contribution in [-0.2, 0) is 10.0 Å². The van der Waals surface area contributed by atoms with Crippen molar-refractivity contribution in [2.75, 3.05) is 59.4 Å². The predicted octanol–water partition coefficient (Wildman–Crippen LogP) is 1.47.